The molecule has 1 heterocycles. The van der Waals surface area contributed by atoms with E-state index in [0.717, 1.165) is 12.1 Å². The number of carbonyl (C=O) groups is 2. The van der Waals surface area contributed by atoms with Gasteiger partial charge in [-0.1, -0.05) is 26.0 Å². The summed E-state index contributed by atoms with van der Waals surface area (Å²) in [4.78, 5) is 26.3. The molecular weight excluding hydrogens is 326 g/mol. The van der Waals surface area contributed by atoms with Crippen LogP contribution >= 0.6 is 0 Å². The van der Waals surface area contributed by atoms with Crippen LogP contribution in [0, 0.1) is 33.8 Å². The molecule has 1 spiro atoms. The number of nitriles is 1. The van der Waals surface area contributed by atoms with Crippen LogP contribution in [0.2, 0.25) is 0 Å². The Morgan fingerprint density at radius 2 is 1.92 bits per heavy atom. The zero-order valence-electron chi connectivity index (χ0n) is 14.1. The van der Waals surface area contributed by atoms with Crippen molar-refractivity contribution in [1.82, 2.24) is 4.90 Å². The lowest BCUT2D eigenvalue weighted by Crippen LogP contribution is -2.41. The summed E-state index contributed by atoms with van der Waals surface area (Å²) in [6.07, 6.45) is 2.69. The van der Waals surface area contributed by atoms with Crippen molar-refractivity contribution in [2.45, 2.75) is 26.7 Å². The first-order chi connectivity index (χ1) is 11.7. The first-order valence-corrected chi connectivity index (χ1v) is 8.10. The molecule has 1 aliphatic heterocycles. The van der Waals surface area contributed by atoms with Crippen LogP contribution in [0.15, 0.2) is 29.8 Å². The first-order valence-electron chi connectivity index (χ1n) is 8.10. The van der Waals surface area contributed by atoms with Gasteiger partial charge in [0.15, 0.2) is 5.78 Å². The zero-order chi connectivity index (χ0) is 18.4. The molecule has 0 unspecified atom stereocenters. The minimum atomic E-state index is -0.890. The van der Waals surface area contributed by atoms with E-state index >= 15 is 0 Å². The minimum absolute atomic E-state index is 0.0996. The second kappa shape index (κ2) is 5.76. The van der Waals surface area contributed by atoms with Crippen LogP contribution < -0.4 is 0 Å². The number of Topliss-reactive ketones (excluding diaryl/α,β-unsaturated/α-hetero) is 1. The van der Waals surface area contributed by atoms with Crippen molar-refractivity contribution < 1.29 is 18.4 Å². The first kappa shape index (κ1) is 17.3. The smallest absolute Gasteiger partial charge is 0.259 e. The number of ketones is 1. The summed E-state index contributed by atoms with van der Waals surface area (Å²) >= 11 is 0. The Balaban J connectivity index is 1.91. The van der Waals surface area contributed by atoms with Crippen molar-refractivity contribution in [2.24, 2.45) is 10.8 Å². The second-order valence-electron chi connectivity index (χ2n) is 7.50. The quantitative estimate of drug-likeness (QED) is 0.786. The van der Waals surface area contributed by atoms with Crippen molar-refractivity contribution >= 4 is 11.7 Å². The molecule has 1 saturated heterocycles. The lowest BCUT2D eigenvalue weighted by molar-refractivity contribution is -0.125. The summed E-state index contributed by atoms with van der Waals surface area (Å²) in [6.45, 7) is 4.12. The number of carbonyl (C=O) groups excluding carboxylic acids is 2. The van der Waals surface area contributed by atoms with Crippen LogP contribution in [-0.4, -0.2) is 29.7 Å². The van der Waals surface area contributed by atoms with Gasteiger partial charge in [0, 0.05) is 23.9 Å². The fourth-order valence-corrected chi connectivity index (χ4v) is 4.02. The van der Waals surface area contributed by atoms with E-state index in [2.05, 4.69) is 0 Å². The Hall–Kier alpha value is -2.55. The maximum atomic E-state index is 13.9. The highest BCUT2D eigenvalue weighted by atomic mass is 19.1. The summed E-state index contributed by atoms with van der Waals surface area (Å²) in [7, 11) is 0. The van der Waals surface area contributed by atoms with E-state index in [1.807, 2.05) is 6.07 Å². The molecule has 130 valence electrons. The molecule has 1 aromatic rings. The molecule has 0 aromatic heterocycles. The largest absolute Gasteiger partial charge is 0.338 e. The molecule has 25 heavy (non-hydrogen) atoms. The number of benzene rings is 1. The number of likely N-dealkylation sites (tertiary alicyclic amines) is 1. The van der Waals surface area contributed by atoms with Gasteiger partial charge in [0.05, 0.1) is 5.57 Å². The van der Waals surface area contributed by atoms with Crippen molar-refractivity contribution in [2.75, 3.05) is 13.1 Å². The maximum absolute atomic E-state index is 13.9. The molecule has 0 bridgehead atoms. The van der Waals surface area contributed by atoms with Gasteiger partial charge in [-0.15, -0.1) is 0 Å². The third-order valence-electron chi connectivity index (χ3n) is 5.07. The SMILES string of the molecule is CC1(C)C[C@@]2(C=C(C#N)C1=O)CCN(C(=O)c1c(F)cccc1F)C2. The molecule has 6 heteroatoms. The number of hydrogen-bond acceptors (Lipinski definition) is 3. The Labute approximate surface area is 144 Å². The van der Waals surface area contributed by atoms with Gasteiger partial charge < -0.3 is 4.90 Å². The molecule has 1 fully saturated rings. The molecule has 1 aromatic carbocycles. The van der Waals surface area contributed by atoms with Gasteiger partial charge in [0.2, 0.25) is 0 Å². The lowest BCUT2D eigenvalue weighted by Gasteiger charge is -2.38. The van der Waals surface area contributed by atoms with Gasteiger partial charge >= 0.3 is 0 Å². The average Bonchev–Trinajstić information content (AvgIpc) is 2.93. The van der Waals surface area contributed by atoms with Crippen LogP contribution in [0.5, 0.6) is 0 Å². The highest BCUT2D eigenvalue weighted by Crippen LogP contribution is 2.48. The van der Waals surface area contributed by atoms with Crippen LogP contribution in [0.1, 0.15) is 37.0 Å². The number of amides is 1. The Morgan fingerprint density at radius 3 is 2.52 bits per heavy atom. The van der Waals surface area contributed by atoms with Gasteiger partial charge in [-0.2, -0.15) is 5.26 Å². The monoisotopic (exact) mass is 344 g/mol. The van der Waals surface area contributed by atoms with Crippen molar-refractivity contribution in [3.8, 4) is 6.07 Å². The van der Waals surface area contributed by atoms with Crippen LogP contribution in [0.25, 0.3) is 0 Å². The molecule has 1 atom stereocenters. The maximum Gasteiger partial charge on any atom is 0.259 e. The fourth-order valence-electron chi connectivity index (χ4n) is 4.02. The van der Waals surface area contributed by atoms with E-state index < -0.39 is 33.9 Å². The molecule has 4 nitrogen and oxygen atoms in total. The number of hydrogen-bond donors (Lipinski definition) is 0. The fraction of sp³-hybridized carbons (Fsp3) is 0.421. The van der Waals surface area contributed by atoms with Crippen LogP contribution in [0.3, 0.4) is 0 Å². The van der Waals surface area contributed by atoms with Gasteiger partial charge in [-0.05, 0) is 25.0 Å². The Bertz CT molecular complexity index is 818. The standard InChI is InChI=1S/C19H18F2N2O2/c1-18(2)10-19(8-12(9-22)16(18)24)6-7-23(11-19)17(25)15-13(20)4-3-5-14(15)21/h3-5,8H,6-7,10-11H2,1-2H3/t19-/m0/s1. The summed E-state index contributed by atoms with van der Waals surface area (Å²) < 4.78 is 27.8. The van der Waals surface area contributed by atoms with Crippen LogP contribution in [0.4, 0.5) is 8.78 Å². The predicted octanol–water partition coefficient (Wildman–Crippen LogP) is 3.25. The number of halogens is 2. The summed E-state index contributed by atoms with van der Waals surface area (Å²) in [6, 6.07) is 5.26. The summed E-state index contributed by atoms with van der Waals surface area (Å²) in [5, 5.41) is 9.24. The highest BCUT2D eigenvalue weighted by molar-refractivity contribution is 6.04. The molecule has 3 rings (SSSR count). The Kier molecular flexibility index (Phi) is 3.98. The van der Waals surface area contributed by atoms with E-state index in [1.165, 1.54) is 11.0 Å². The van der Waals surface area contributed by atoms with E-state index in [4.69, 9.17) is 0 Å². The van der Waals surface area contributed by atoms with Gasteiger partial charge in [-0.3, -0.25) is 9.59 Å². The lowest BCUT2D eigenvalue weighted by atomic mass is 9.64. The topological polar surface area (TPSA) is 61.2 Å². The number of allylic oxidation sites excluding steroid dienone is 1. The van der Waals surface area contributed by atoms with Gasteiger partial charge in [0.25, 0.3) is 5.91 Å². The number of nitrogens with zero attached hydrogens (tertiary/aromatic N) is 2. The molecule has 0 radical (unpaired) electrons. The summed E-state index contributed by atoms with van der Waals surface area (Å²) in [5.74, 6) is -2.68. The average molecular weight is 344 g/mol. The normalized spacial score (nSPS) is 25.0. The number of rotatable bonds is 1. The predicted molar refractivity (Wildman–Crippen MR) is 86.4 cm³/mol. The van der Waals surface area contributed by atoms with E-state index in [9.17, 15) is 23.6 Å². The third kappa shape index (κ3) is 2.84. The van der Waals surface area contributed by atoms with E-state index in [1.54, 1.807) is 19.9 Å². The third-order valence-corrected chi connectivity index (χ3v) is 5.07. The van der Waals surface area contributed by atoms with Gasteiger partial charge in [-0.25, -0.2) is 8.78 Å². The Morgan fingerprint density at radius 1 is 1.28 bits per heavy atom. The van der Waals surface area contributed by atoms with Gasteiger partial charge in [0.1, 0.15) is 23.3 Å². The van der Waals surface area contributed by atoms with Crippen molar-refractivity contribution in [3.63, 3.8) is 0 Å². The van der Waals surface area contributed by atoms with E-state index in [0.29, 0.717) is 19.4 Å². The second-order valence-corrected chi connectivity index (χ2v) is 7.50. The van der Waals surface area contributed by atoms with Crippen molar-refractivity contribution in [3.05, 3.63) is 47.0 Å². The van der Waals surface area contributed by atoms with Crippen molar-refractivity contribution in [1.29, 1.82) is 5.26 Å². The highest BCUT2D eigenvalue weighted by Gasteiger charge is 2.49. The molecule has 2 aliphatic rings. The van der Waals surface area contributed by atoms with Crippen LogP contribution in [-0.2, 0) is 4.79 Å². The molecule has 0 saturated carbocycles. The van der Waals surface area contributed by atoms with E-state index in [-0.39, 0.29) is 17.9 Å². The molecule has 1 amide bonds. The summed E-state index contributed by atoms with van der Waals surface area (Å²) in [5.41, 5.74) is -1.68. The molecule has 1 aliphatic carbocycles. The minimum Gasteiger partial charge on any atom is -0.338 e. The molecular formula is C19H18F2N2O2. The molecule has 0 N–H and O–H groups in total. The zero-order valence-corrected chi connectivity index (χ0v) is 14.1.